The average Bonchev–Trinajstić information content (AvgIpc) is 3.70. The third-order valence-electron chi connectivity index (χ3n) is 13.6. The topological polar surface area (TPSA) is 46.2 Å². The van der Waals surface area contributed by atoms with Crippen molar-refractivity contribution in [3.63, 3.8) is 0 Å². The van der Waals surface area contributed by atoms with Crippen LogP contribution in [0.1, 0.15) is 134 Å². The van der Waals surface area contributed by atoms with Gasteiger partial charge in [0.05, 0.1) is 19.3 Å². The summed E-state index contributed by atoms with van der Waals surface area (Å²) in [6.07, 6.45) is 17.4. The summed E-state index contributed by atoms with van der Waals surface area (Å²) in [6.45, 7) is 18.0. The van der Waals surface area contributed by atoms with Crippen molar-refractivity contribution in [2.75, 3.05) is 26.4 Å². The Bertz CT molecular complexity index is 1350. The fourth-order valence-corrected chi connectivity index (χ4v) is 10.8. The SMILES string of the molecule is CC(C)(C)[Si](C)(C)OCCCCCCCCCCCO[C@H]1C[C@@]2(C)[C@@H](CCC23OCCO3)[C@@H]2CCc3cc(OCc4ccccc4)ccc3[C@H]21. The summed E-state index contributed by atoms with van der Waals surface area (Å²) in [5.41, 5.74) is 4.16. The molecule has 1 saturated heterocycles. The molecule has 0 radical (unpaired) electrons. The van der Waals surface area contributed by atoms with Crippen LogP contribution in [-0.4, -0.2) is 46.6 Å². The Morgan fingerprint density at radius 2 is 1.48 bits per heavy atom. The van der Waals surface area contributed by atoms with E-state index in [4.69, 9.17) is 23.4 Å². The summed E-state index contributed by atoms with van der Waals surface area (Å²) in [5, 5.41) is 0.306. The summed E-state index contributed by atoms with van der Waals surface area (Å²) < 4.78 is 32.6. The van der Waals surface area contributed by atoms with E-state index in [9.17, 15) is 0 Å². The number of fused-ring (bicyclic) bond motifs is 6. The number of unbranched alkanes of at least 4 members (excludes halogenated alkanes) is 8. The molecule has 6 heteroatoms. The molecule has 5 nitrogen and oxygen atoms in total. The van der Waals surface area contributed by atoms with Gasteiger partial charge in [0.1, 0.15) is 12.4 Å². The fraction of sp³-hybridized carbons (Fsp3) is 0.727. The van der Waals surface area contributed by atoms with E-state index in [2.05, 4.69) is 89.3 Å². The summed E-state index contributed by atoms with van der Waals surface area (Å²) in [6, 6.07) is 17.4. The Morgan fingerprint density at radius 3 is 2.16 bits per heavy atom. The first-order valence-corrected chi connectivity index (χ1v) is 23.3. The predicted octanol–water partition coefficient (Wildman–Crippen LogP) is 11.4. The maximum Gasteiger partial charge on any atom is 0.191 e. The van der Waals surface area contributed by atoms with Gasteiger partial charge in [0.2, 0.25) is 0 Å². The van der Waals surface area contributed by atoms with Crippen LogP contribution in [0.4, 0.5) is 0 Å². The molecule has 4 aliphatic rings. The van der Waals surface area contributed by atoms with Crippen LogP contribution in [0.3, 0.4) is 0 Å². The molecular formula is C44H68O5Si. The molecule has 1 spiro atoms. The Labute approximate surface area is 305 Å². The molecule has 2 saturated carbocycles. The summed E-state index contributed by atoms with van der Waals surface area (Å²) in [5.74, 6) is 2.21. The second-order valence-electron chi connectivity index (χ2n) is 17.8. The molecule has 0 N–H and O–H groups in total. The summed E-state index contributed by atoms with van der Waals surface area (Å²) in [7, 11) is -1.60. The second kappa shape index (κ2) is 16.5. The van der Waals surface area contributed by atoms with Crippen LogP contribution in [0.15, 0.2) is 48.5 Å². The lowest BCUT2D eigenvalue weighted by Gasteiger charge is -2.55. The molecule has 0 aromatic heterocycles. The van der Waals surface area contributed by atoms with Crippen LogP contribution in [-0.2, 0) is 31.7 Å². The number of ether oxygens (including phenoxy) is 4. The summed E-state index contributed by atoms with van der Waals surface area (Å²) in [4.78, 5) is 0. The molecular weight excluding hydrogens is 637 g/mol. The van der Waals surface area contributed by atoms with Gasteiger partial charge in [-0.1, -0.05) is 109 Å². The second-order valence-corrected chi connectivity index (χ2v) is 22.6. The maximum absolute atomic E-state index is 7.00. The van der Waals surface area contributed by atoms with E-state index in [1.807, 2.05) is 0 Å². The van der Waals surface area contributed by atoms with Crippen LogP contribution < -0.4 is 4.74 Å². The Kier molecular flexibility index (Phi) is 12.6. The molecule has 0 amide bonds. The van der Waals surface area contributed by atoms with Crippen molar-refractivity contribution in [2.24, 2.45) is 17.3 Å². The fourth-order valence-electron chi connectivity index (χ4n) is 9.70. The van der Waals surface area contributed by atoms with Crippen molar-refractivity contribution in [3.05, 3.63) is 65.2 Å². The standard InChI is InChI=1S/C44H68O5Si/c1-42(2,3)50(5,6)49-28-18-13-11-9-7-8-10-12-17-27-45-40-32-43(4)39(25-26-44(43)47-29-30-48-44)38-23-21-35-31-36(22-24-37(35)41(38)40)46-33-34-19-15-14-16-20-34/h14-16,19-20,22,24,31,38-41H,7-13,17-18,21,23,25-30,32-33H2,1-6H3/t38-,39-,40-,41+,43-/m0/s1. The quantitative estimate of drug-likeness (QED) is 0.121. The Morgan fingerprint density at radius 1 is 0.820 bits per heavy atom. The van der Waals surface area contributed by atoms with Crippen LogP contribution in [0.2, 0.25) is 18.1 Å². The highest BCUT2D eigenvalue weighted by molar-refractivity contribution is 6.74. The number of hydrogen-bond acceptors (Lipinski definition) is 5. The predicted molar refractivity (Wildman–Crippen MR) is 206 cm³/mol. The average molecular weight is 705 g/mol. The van der Waals surface area contributed by atoms with E-state index in [1.54, 1.807) is 0 Å². The molecule has 278 valence electrons. The molecule has 2 aromatic rings. The zero-order valence-electron chi connectivity index (χ0n) is 32.4. The highest BCUT2D eigenvalue weighted by atomic mass is 28.4. The van der Waals surface area contributed by atoms with Gasteiger partial charge in [-0.05, 0) is 97.3 Å². The number of hydrogen-bond donors (Lipinski definition) is 0. The highest BCUT2D eigenvalue weighted by Gasteiger charge is 2.67. The molecule has 1 aliphatic heterocycles. The minimum Gasteiger partial charge on any atom is -0.489 e. The van der Waals surface area contributed by atoms with E-state index in [1.165, 1.54) is 80.9 Å². The molecule has 2 aromatic carbocycles. The first-order chi connectivity index (χ1) is 24.0. The van der Waals surface area contributed by atoms with E-state index in [0.29, 0.717) is 29.4 Å². The van der Waals surface area contributed by atoms with Crippen LogP contribution in [0, 0.1) is 17.3 Å². The van der Waals surface area contributed by atoms with Crippen LogP contribution >= 0.6 is 0 Å². The van der Waals surface area contributed by atoms with Gasteiger partial charge in [-0.25, -0.2) is 0 Å². The van der Waals surface area contributed by atoms with Crippen molar-refractivity contribution in [3.8, 4) is 5.75 Å². The molecule has 0 unspecified atom stereocenters. The Hall–Kier alpha value is -1.70. The van der Waals surface area contributed by atoms with Gasteiger partial charge in [0, 0.05) is 31.0 Å². The summed E-state index contributed by atoms with van der Waals surface area (Å²) >= 11 is 0. The molecule has 3 fully saturated rings. The molecule has 3 aliphatic carbocycles. The van der Waals surface area contributed by atoms with Gasteiger partial charge in [-0.15, -0.1) is 0 Å². The highest BCUT2D eigenvalue weighted by Crippen LogP contribution is 2.66. The first kappa shape index (κ1) is 38.0. The van der Waals surface area contributed by atoms with Gasteiger partial charge >= 0.3 is 0 Å². The van der Waals surface area contributed by atoms with Gasteiger partial charge < -0.3 is 23.4 Å². The van der Waals surface area contributed by atoms with E-state index < -0.39 is 14.1 Å². The van der Waals surface area contributed by atoms with E-state index >= 15 is 0 Å². The number of rotatable bonds is 17. The molecule has 50 heavy (non-hydrogen) atoms. The zero-order valence-corrected chi connectivity index (χ0v) is 33.4. The lowest BCUT2D eigenvalue weighted by molar-refractivity contribution is -0.249. The zero-order chi connectivity index (χ0) is 35.2. The van der Waals surface area contributed by atoms with Crippen LogP contribution in [0.25, 0.3) is 0 Å². The monoisotopic (exact) mass is 704 g/mol. The van der Waals surface area contributed by atoms with Crippen LogP contribution in [0.5, 0.6) is 5.75 Å². The number of aryl methyl sites for hydroxylation is 1. The van der Waals surface area contributed by atoms with E-state index in [0.717, 1.165) is 57.9 Å². The molecule has 6 rings (SSSR count). The van der Waals surface area contributed by atoms with Gasteiger partial charge in [-0.2, -0.15) is 0 Å². The first-order valence-electron chi connectivity index (χ1n) is 20.4. The smallest absolute Gasteiger partial charge is 0.191 e. The largest absolute Gasteiger partial charge is 0.489 e. The third kappa shape index (κ3) is 8.41. The van der Waals surface area contributed by atoms with Crippen molar-refractivity contribution < 1.29 is 23.4 Å². The molecule has 5 atom stereocenters. The minimum atomic E-state index is -1.60. The van der Waals surface area contributed by atoms with Gasteiger partial charge in [0.25, 0.3) is 0 Å². The third-order valence-corrected chi connectivity index (χ3v) is 18.1. The van der Waals surface area contributed by atoms with Crippen molar-refractivity contribution in [2.45, 2.75) is 160 Å². The van der Waals surface area contributed by atoms with Gasteiger partial charge in [-0.3, -0.25) is 0 Å². The van der Waals surface area contributed by atoms with Crippen molar-refractivity contribution in [1.29, 1.82) is 0 Å². The Balaban J connectivity index is 0.984. The maximum atomic E-state index is 7.00. The van der Waals surface area contributed by atoms with Gasteiger partial charge in [0.15, 0.2) is 14.1 Å². The van der Waals surface area contributed by atoms with E-state index in [-0.39, 0.29) is 11.5 Å². The molecule has 1 heterocycles. The lowest BCUT2D eigenvalue weighted by atomic mass is 9.53. The lowest BCUT2D eigenvalue weighted by Crippen LogP contribution is -2.56. The minimum absolute atomic E-state index is 0.00241. The molecule has 0 bridgehead atoms. The normalized spacial score (nSPS) is 27.2. The number of benzene rings is 2. The van der Waals surface area contributed by atoms with Crippen molar-refractivity contribution in [1.82, 2.24) is 0 Å². The van der Waals surface area contributed by atoms with Crippen molar-refractivity contribution >= 4 is 8.32 Å².